The summed E-state index contributed by atoms with van der Waals surface area (Å²) >= 11 is 0. The van der Waals surface area contributed by atoms with Crippen molar-refractivity contribution in [2.24, 2.45) is 5.11 Å². The largest absolute Gasteiger partial charge is 0.315 e. The van der Waals surface area contributed by atoms with Crippen molar-refractivity contribution in [3.63, 3.8) is 0 Å². The van der Waals surface area contributed by atoms with E-state index >= 15 is 0 Å². The maximum absolute atomic E-state index is 10.9. The van der Waals surface area contributed by atoms with Gasteiger partial charge in [-0.15, -0.1) is 5.10 Å². The first-order valence-corrected chi connectivity index (χ1v) is 4.27. The van der Waals surface area contributed by atoms with Gasteiger partial charge in [-0.1, -0.05) is 0 Å². The molecule has 18 heavy (non-hydrogen) atoms. The first kappa shape index (κ1) is 11.2. The maximum Gasteiger partial charge on any atom is 0.315 e. The van der Waals surface area contributed by atoms with Crippen LogP contribution >= 0.6 is 0 Å². The van der Waals surface area contributed by atoms with Gasteiger partial charge in [-0.25, -0.2) is 0 Å². The number of benzene rings is 1. The van der Waals surface area contributed by atoms with E-state index in [-0.39, 0.29) is 11.0 Å². The molecule has 0 fully saturated rings. The molecule has 0 unspecified atom stereocenters. The molecule has 12 nitrogen and oxygen atoms in total. The molecule has 0 atom stereocenters. The molecule has 12 heteroatoms. The Balaban J connectivity index is 3.00. The van der Waals surface area contributed by atoms with Gasteiger partial charge in [-0.3, -0.25) is 20.2 Å². The average Bonchev–Trinajstić information content (AvgIpc) is 2.75. The number of H-pyrrole nitrogens is 1. The van der Waals surface area contributed by atoms with E-state index in [1.54, 1.807) is 0 Å². The minimum Gasteiger partial charge on any atom is -0.258 e. The third kappa shape index (κ3) is 1.54. The summed E-state index contributed by atoms with van der Waals surface area (Å²) < 4.78 is 0. The first-order chi connectivity index (χ1) is 8.56. The smallest absolute Gasteiger partial charge is 0.258 e. The van der Waals surface area contributed by atoms with Crippen LogP contribution in [0.4, 0.5) is 17.1 Å². The number of fused-ring (bicyclic) bond motifs is 1. The highest BCUT2D eigenvalue weighted by atomic mass is 16.6. The predicted molar refractivity (Wildman–Crippen MR) is 56.0 cm³/mol. The summed E-state index contributed by atoms with van der Waals surface area (Å²) in [5.41, 5.74) is 5.88. The Morgan fingerprint density at radius 2 is 2.06 bits per heavy atom. The summed E-state index contributed by atoms with van der Waals surface area (Å²) in [6, 6.07) is 0.940. The molecule has 2 aromatic rings. The van der Waals surface area contributed by atoms with Gasteiger partial charge in [0.25, 0.3) is 5.69 Å². The molecule has 0 saturated heterocycles. The van der Waals surface area contributed by atoms with E-state index in [2.05, 4.69) is 25.4 Å². The summed E-state index contributed by atoms with van der Waals surface area (Å²) in [4.78, 5) is 22.2. The minimum absolute atomic E-state index is 0.0645. The first-order valence-electron chi connectivity index (χ1n) is 4.27. The van der Waals surface area contributed by atoms with Crippen LogP contribution in [0.2, 0.25) is 0 Å². The zero-order chi connectivity index (χ0) is 13.3. The normalized spacial score (nSPS) is 10.0. The molecule has 1 heterocycles. The van der Waals surface area contributed by atoms with Crippen molar-refractivity contribution in [1.82, 2.24) is 15.4 Å². The molecule has 2 rings (SSSR count). The van der Waals surface area contributed by atoms with E-state index < -0.39 is 26.9 Å². The molecule has 1 aromatic heterocycles. The molecule has 1 N–H and O–H groups in total. The van der Waals surface area contributed by atoms with Crippen molar-refractivity contribution in [2.75, 3.05) is 0 Å². The van der Waals surface area contributed by atoms with Crippen LogP contribution in [0.15, 0.2) is 11.2 Å². The quantitative estimate of drug-likeness (QED) is 0.284. The molecule has 0 aliphatic carbocycles. The average molecular weight is 250 g/mol. The van der Waals surface area contributed by atoms with Gasteiger partial charge in [-0.2, -0.15) is 10.3 Å². The van der Waals surface area contributed by atoms with Gasteiger partial charge in [0.2, 0.25) is 0 Å². The summed E-state index contributed by atoms with van der Waals surface area (Å²) in [5.74, 6) is 0. The standard InChI is InChI=1S/C6H2N8O4/c7-11-9-5-3(13(15)16)1-2-4(10-12-8-2)6(5)14(17)18/h1H,(H,8,10,12). The topological polar surface area (TPSA) is 177 Å². The van der Waals surface area contributed by atoms with Crippen LogP contribution in [-0.4, -0.2) is 25.3 Å². The third-order valence-corrected chi connectivity index (χ3v) is 2.06. The second kappa shape index (κ2) is 3.95. The molecule has 0 aliphatic heterocycles. The Hall–Kier alpha value is -3.27. The van der Waals surface area contributed by atoms with E-state index in [4.69, 9.17) is 5.53 Å². The van der Waals surface area contributed by atoms with Crippen molar-refractivity contribution >= 4 is 28.1 Å². The van der Waals surface area contributed by atoms with Gasteiger partial charge in [0.15, 0.2) is 11.2 Å². The number of nitrogens with one attached hydrogen (secondary N) is 1. The van der Waals surface area contributed by atoms with Gasteiger partial charge in [-0.05, 0) is 10.6 Å². The van der Waals surface area contributed by atoms with Crippen molar-refractivity contribution < 1.29 is 9.85 Å². The lowest BCUT2D eigenvalue weighted by atomic mass is 10.2. The van der Waals surface area contributed by atoms with E-state index in [0.29, 0.717) is 0 Å². The molecule has 0 aliphatic rings. The zero-order valence-electron chi connectivity index (χ0n) is 8.34. The van der Waals surface area contributed by atoms with Gasteiger partial charge in [0.1, 0.15) is 5.52 Å². The second-order valence-corrected chi connectivity index (χ2v) is 2.99. The molecule has 90 valence electrons. The summed E-state index contributed by atoms with van der Waals surface area (Å²) in [6.07, 6.45) is 0. The van der Waals surface area contributed by atoms with Gasteiger partial charge < -0.3 is 0 Å². The van der Waals surface area contributed by atoms with Crippen LogP contribution in [0.1, 0.15) is 0 Å². The van der Waals surface area contributed by atoms with Gasteiger partial charge in [0, 0.05) is 11.0 Å². The molecule has 0 saturated carbocycles. The van der Waals surface area contributed by atoms with E-state index in [1.165, 1.54) is 0 Å². The van der Waals surface area contributed by atoms with Crippen LogP contribution in [0.5, 0.6) is 0 Å². The maximum atomic E-state index is 10.9. The highest BCUT2D eigenvalue weighted by molar-refractivity contribution is 5.94. The number of nitro groups is 2. The fourth-order valence-corrected chi connectivity index (χ4v) is 1.40. The van der Waals surface area contributed by atoms with Crippen LogP contribution in [0, 0.1) is 20.2 Å². The van der Waals surface area contributed by atoms with Crippen LogP contribution < -0.4 is 0 Å². The number of hydrogen-bond acceptors (Lipinski definition) is 7. The monoisotopic (exact) mass is 250 g/mol. The van der Waals surface area contributed by atoms with Crippen molar-refractivity contribution in [3.8, 4) is 0 Å². The lowest BCUT2D eigenvalue weighted by molar-refractivity contribution is -0.391. The van der Waals surface area contributed by atoms with E-state index in [1.807, 2.05) is 0 Å². The van der Waals surface area contributed by atoms with Crippen LogP contribution in [-0.2, 0) is 0 Å². The Morgan fingerprint density at radius 3 is 2.61 bits per heavy atom. The minimum atomic E-state index is -0.915. The number of azide groups is 1. The molecular weight excluding hydrogens is 248 g/mol. The molecule has 0 spiro atoms. The Kier molecular flexibility index (Phi) is 2.46. The number of aromatic amines is 1. The fraction of sp³-hybridized carbons (Fsp3) is 0. The SMILES string of the molecule is [N-]=[N+]=Nc1c([N+](=O)[O-])cc2n[nH]nc2c1[N+](=O)[O-]. The summed E-state index contributed by atoms with van der Waals surface area (Å²) in [7, 11) is 0. The number of rotatable bonds is 3. The Labute approximate surface area is 96.1 Å². The zero-order valence-corrected chi connectivity index (χ0v) is 8.34. The third-order valence-electron chi connectivity index (χ3n) is 2.06. The summed E-state index contributed by atoms with van der Waals surface area (Å²) in [5, 5.41) is 33.8. The predicted octanol–water partition coefficient (Wildman–Crippen LogP) is 1.72. The van der Waals surface area contributed by atoms with Crippen molar-refractivity contribution in [2.45, 2.75) is 0 Å². The fourth-order valence-electron chi connectivity index (χ4n) is 1.40. The van der Waals surface area contributed by atoms with Gasteiger partial charge >= 0.3 is 5.69 Å². The lowest BCUT2D eigenvalue weighted by Crippen LogP contribution is -1.95. The highest BCUT2D eigenvalue weighted by Crippen LogP contribution is 2.41. The highest BCUT2D eigenvalue weighted by Gasteiger charge is 2.30. The molecule has 1 aromatic carbocycles. The van der Waals surface area contributed by atoms with E-state index in [0.717, 1.165) is 6.07 Å². The lowest BCUT2D eigenvalue weighted by Gasteiger charge is -1.98. The van der Waals surface area contributed by atoms with Crippen LogP contribution in [0.3, 0.4) is 0 Å². The van der Waals surface area contributed by atoms with Gasteiger partial charge in [0.05, 0.1) is 9.85 Å². The van der Waals surface area contributed by atoms with Crippen LogP contribution in [0.25, 0.3) is 21.5 Å². The van der Waals surface area contributed by atoms with Crippen molar-refractivity contribution in [3.05, 3.63) is 36.7 Å². The van der Waals surface area contributed by atoms with Crippen molar-refractivity contribution in [1.29, 1.82) is 0 Å². The number of hydrogen-bond donors (Lipinski definition) is 1. The summed E-state index contributed by atoms with van der Waals surface area (Å²) in [6.45, 7) is 0. The van der Waals surface area contributed by atoms with E-state index in [9.17, 15) is 20.2 Å². The molecule has 0 bridgehead atoms. The number of nitro benzene ring substituents is 2. The second-order valence-electron chi connectivity index (χ2n) is 2.99. The number of nitrogens with zero attached hydrogens (tertiary/aromatic N) is 7. The Morgan fingerprint density at radius 1 is 1.33 bits per heavy atom. The molecule has 0 amide bonds. The number of aromatic nitrogens is 3. The Bertz CT molecular complexity index is 714. The molecule has 0 radical (unpaired) electrons. The molecular formula is C6H2N8O4.